The molecule has 0 spiro atoms. The van der Waals surface area contributed by atoms with Gasteiger partial charge in [0.2, 0.25) is 5.96 Å². The summed E-state index contributed by atoms with van der Waals surface area (Å²) >= 11 is 0. The van der Waals surface area contributed by atoms with Gasteiger partial charge in [-0.3, -0.25) is 15.4 Å². The topological polar surface area (TPSA) is 75.3 Å². The maximum atomic E-state index is 5.22. The summed E-state index contributed by atoms with van der Waals surface area (Å²) in [6.07, 6.45) is 1.74. The van der Waals surface area contributed by atoms with E-state index in [0.717, 1.165) is 11.4 Å². The van der Waals surface area contributed by atoms with E-state index in [0.29, 0.717) is 5.96 Å². The first kappa shape index (κ1) is 9.47. The molecule has 0 aliphatic rings. The number of rotatable bonds is 1. The van der Waals surface area contributed by atoms with Crippen molar-refractivity contribution in [1.82, 2.24) is 10.4 Å². The number of anilines is 1. The lowest BCUT2D eigenvalue weighted by Gasteiger charge is -2.09. The van der Waals surface area contributed by atoms with Crippen LogP contribution in [0.25, 0.3) is 0 Å². The van der Waals surface area contributed by atoms with Crippen molar-refractivity contribution in [3.8, 4) is 0 Å². The Morgan fingerprint density at radius 1 is 1.62 bits per heavy atom. The number of nitrogens with one attached hydrogen (secondary N) is 2. The largest absolute Gasteiger partial charge is 0.324 e. The number of aryl methyl sites for hydroxylation is 1. The summed E-state index contributed by atoms with van der Waals surface area (Å²) in [5.74, 6) is 5.73. The highest BCUT2D eigenvalue weighted by Crippen LogP contribution is 2.09. The van der Waals surface area contributed by atoms with Gasteiger partial charge in [0.25, 0.3) is 0 Å². The zero-order valence-electron chi connectivity index (χ0n) is 7.70. The minimum absolute atomic E-state index is 0.510. The third-order valence-electron chi connectivity index (χ3n) is 1.62. The maximum Gasteiger partial charge on any atom is 0.210 e. The number of aromatic nitrogens is 1. The van der Waals surface area contributed by atoms with Crippen LogP contribution < -0.4 is 16.6 Å². The SMILES string of the molecule is CN=C(NN)Nc1cccnc1C. The van der Waals surface area contributed by atoms with Crippen LogP contribution >= 0.6 is 0 Å². The minimum Gasteiger partial charge on any atom is -0.324 e. The maximum absolute atomic E-state index is 5.22. The Morgan fingerprint density at radius 3 is 2.92 bits per heavy atom. The highest BCUT2D eigenvalue weighted by molar-refractivity contribution is 5.93. The van der Waals surface area contributed by atoms with Crippen molar-refractivity contribution in [3.63, 3.8) is 0 Å². The number of pyridine rings is 1. The van der Waals surface area contributed by atoms with E-state index in [1.54, 1.807) is 13.2 Å². The summed E-state index contributed by atoms with van der Waals surface area (Å²) < 4.78 is 0. The van der Waals surface area contributed by atoms with Gasteiger partial charge in [0.15, 0.2) is 0 Å². The summed E-state index contributed by atoms with van der Waals surface area (Å²) in [4.78, 5) is 8.00. The second-order valence-corrected chi connectivity index (χ2v) is 2.48. The first-order valence-corrected chi connectivity index (χ1v) is 3.90. The molecule has 1 heterocycles. The van der Waals surface area contributed by atoms with Crippen molar-refractivity contribution in [3.05, 3.63) is 24.0 Å². The van der Waals surface area contributed by atoms with E-state index in [9.17, 15) is 0 Å². The predicted molar refractivity (Wildman–Crippen MR) is 53.3 cm³/mol. The molecule has 0 aliphatic heterocycles. The molecular weight excluding hydrogens is 166 g/mol. The summed E-state index contributed by atoms with van der Waals surface area (Å²) in [6.45, 7) is 1.91. The summed E-state index contributed by atoms with van der Waals surface area (Å²) in [5, 5.41) is 3.00. The van der Waals surface area contributed by atoms with E-state index in [2.05, 4.69) is 20.7 Å². The van der Waals surface area contributed by atoms with Crippen molar-refractivity contribution in [1.29, 1.82) is 0 Å². The molecule has 4 N–H and O–H groups in total. The van der Waals surface area contributed by atoms with Crippen LogP contribution in [0.2, 0.25) is 0 Å². The monoisotopic (exact) mass is 179 g/mol. The molecule has 0 saturated heterocycles. The van der Waals surface area contributed by atoms with Gasteiger partial charge in [-0.1, -0.05) is 0 Å². The van der Waals surface area contributed by atoms with Gasteiger partial charge in [-0.15, -0.1) is 0 Å². The third-order valence-corrected chi connectivity index (χ3v) is 1.62. The standard InChI is InChI=1S/C8H13N5/c1-6-7(4-3-5-11-6)12-8(10-2)13-9/h3-5H,9H2,1-2H3,(H2,10,12,13). The Morgan fingerprint density at radius 2 is 2.38 bits per heavy atom. The molecule has 0 aromatic carbocycles. The molecule has 1 aromatic rings. The zero-order valence-corrected chi connectivity index (χ0v) is 7.70. The Bertz CT molecular complexity index is 307. The molecular formula is C8H13N5. The molecule has 0 bridgehead atoms. The van der Waals surface area contributed by atoms with Gasteiger partial charge in [0.05, 0.1) is 11.4 Å². The number of aliphatic imine (C=N–C) groups is 1. The van der Waals surface area contributed by atoms with Gasteiger partial charge in [-0.05, 0) is 19.1 Å². The van der Waals surface area contributed by atoms with Crippen molar-refractivity contribution >= 4 is 11.6 Å². The van der Waals surface area contributed by atoms with Crippen LogP contribution in [0.5, 0.6) is 0 Å². The van der Waals surface area contributed by atoms with E-state index in [1.165, 1.54) is 0 Å². The Kier molecular flexibility index (Phi) is 3.22. The molecule has 0 amide bonds. The quantitative estimate of drug-likeness (QED) is 0.250. The van der Waals surface area contributed by atoms with Crippen LogP contribution in [0, 0.1) is 6.92 Å². The second kappa shape index (κ2) is 4.42. The van der Waals surface area contributed by atoms with Gasteiger partial charge in [-0.2, -0.15) is 0 Å². The average Bonchev–Trinajstić information content (AvgIpc) is 2.17. The summed E-state index contributed by atoms with van der Waals surface area (Å²) in [5.41, 5.74) is 4.23. The molecule has 0 aliphatic carbocycles. The van der Waals surface area contributed by atoms with Gasteiger partial charge in [-0.25, -0.2) is 5.84 Å². The minimum atomic E-state index is 0.510. The molecule has 0 saturated carbocycles. The fourth-order valence-corrected chi connectivity index (χ4v) is 0.900. The Balaban J connectivity index is 2.80. The molecule has 13 heavy (non-hydrogen) atoms. The number of hydrazine groups is 1. The lowest BCUT2D eigenvalue weighted by molar-refractivity contribution is 1.01. The number of nitrogens with zero attached hydrogens (tertiary/aromatic N) is 2. The highest BCUT2D eigenvalue weighted by Gasteiger charge is 1.99. The smallest absolute Gasteiger partial charge is 0.210 e. The van der Waals surface area contributed by atoms with Crippen LogP contribution in [0.15, 0.2) is 23.3 Å². The van der Waals surface area contributed by atoms with Gasteiger partial charge in [0.1, 0.15) is 0 Å². The summed E-state index contributed by atoms with van der Waals surface area (Å²) in [6, 6.07) is 3.75. The fourth-order valence-electron chi connectivity index (χ4n) is 0.900. The molecule has 0 radical (unpaired) electrons. The number of hydrogen-bond donors (Lipinski definition) is 3. The Hall–Kier alpha value is -1.62. The van der Waals surface area contributed by atoms with E-state index >= 15 is 0 Å². The van der Waals surface area contributed by atoms with Crippen molar-refractivity contribution in [2.45, 2.75) is 6.92 Å². The van der Waals surface area contributed by atoms with Crippen LogP contribution in [0.1, 0.15) is 5.69 Å². The number of guanidine groups is 1. The normalized spacial score (nSPS) is 11.2. The van der Waals surface area contributed by atoms with Gasteiger partial charge in [0, 0.05) is 13.2 Å². The van der Waals surface area contributed by atoms with Gasteiger partial charge >= 0.3 is 0 Å². The fraction of sp³-hybridized carbons (Fsp3) is 0.250. The van der Waals surface area contributed by atoms with Crippen molar-refractivity contribution in [2.75, 3.05) is 12.4 Å². The van der Waals surface area contributed by atoms with Gasteiger partial charge < -0.3 is 5.32 Å². The molecule has 0 atom stereocenters. The van der Waals surface area contributed by atoms with E-state index in [-0.39, 0.29) is 0 Å². The zero-order chi connectivity index (χ0) is 9.68. The molecule has 0 fully saturated rings. The number of hydrogen-bond acceptors (Lipinski definition) is 3. The first-order valence-electron chi connectivity index (χ1n) is 3.90. The van der Waals surface area contributed by atoms with Crippen LogP contribution in [-0.2, 0) is 0 Å². The molecule has 70 valence electrons. The van der Waals surface area contributed by atoms with Crippen molar-refractivity contribution in [2.24, 2.45) is 10.8 Å². The van der Waals surface area contributed by atoms with Crippen molar-refractivity contribution < 1.29 is 0 Å². The average molecular weight is 179 g/mol. The predicted octanol–water partition coefficient (Wildman–Crippen LogP) is 0.251. The molecule has 5 nitrogen and oxygen atoms in total. The third kappa shape index (κ3) is 2.41. The first-order chi connectivity index (χ1) is 6.27. The molecule has 0 unspecified atom stereocenters. The molecule has 5 heteroatoms. The van der Waals surface area contributed by atoms with E-state index in [4.69, 9.17) is 5.84 Å². The highest BCUT2D eigenvalue weighted by atomic mass is 15.3. The van der Waals surface area contributed by atoms with E-state index < -0.39 is 0 Å². The van der Waals surface area contributed by atoms with Crippen LogP contribution in [0.4, 0.5) is 5.69 Å². The Labute approximate surface area is 77.1 Å². The van der Waals surface area contributed by atoms with E-state index in [1.807, 2.05) is 19.1 Å². The molecule has 1 rings (SSSR count). The van der Waals surface area contributed by atoms with Crippen LogP contribution in [-0.4, -0.2) is 18.0 Å². The lowest BCUT2D eigenvalue weighted by Crippen LogP contribution is -2.36. The second-order valence-electron chi connectivity index (χ2n) is 2.48. The molecule has 1 aromatic heterocycles. The lowest BCUT2D eigenvalue weighted by atomic mass is 10.3. The van der Waals surface area contributed by atoms with Crippen LogP contribution in [0.3, 0.4) is 0 Å². The number of nitrogens with two attached hydrogens (primary N) is 1. The summed E-state index contributed by atoms with van der Waals surface area (Å²) in [7, 11) is 1.65.